The van der Waals surface area contributed by atoms with Crippen LogP contribution in [-0.4, -0.2) is 53.5 Å². The van der Waals surface area contributed by atoms with Crippen molar-refractivity contribution in [2.45, 2.75) is 25.7 Å². The number of sulfonamides is 1. The number of carbonyl (C=O) groups is 2. The highest BCUT2D eigenvalue weighted by Gasteiger charge is 2.25. The van der Waals surface area contributed by atoms with E-state index in [0.29, 0.717) is 46.5 Å². The van der Waals surface area contributed by atoms with Crippen molar-refractivity contribution in [3.05, 3.63) is 107 Å². The number of nitrogens with zero attached hydrogens (tertiary/aromatic N) is 1. The van der Waals surface area contributed by atoms with Crippen molar-refractivity contribution in [2.75, 3.05) is 38.1 Å². The average Bonchev–Trinajstić information content (AvgIpc) is 3.45. The van der Waals surface area contributed by atoms with Crippen LogP contribution in [0.2, 0.25) is 0 Å². The summed E-state index contributed by atoms with van der Waals surface area (Å²) in [5.74, 6) is -0.784. The largest absolute Gasteiger partial charge is 0.455 e. The van der Waals surface area contributed by atoms with Crippen LogP contribution in [0.5, 0.6) is 0 Å². The molecule has 0 radical (unpaired) electrons. The number of rotatable bonds is 12. The molecule has 0 saturated heterocycles. The Hall–Kier alpha value is -5.00. The van der Waals surface area contributed by atoms with Gasteiger partial charge < -0.3 is 20.0 Å². The molecule has 244 valence electrons. The first-order valence-corrected chi connectivity index (χ1v) is 16.8. The number of anilines is 1. The van der Waals surface area contributed by atoms with Gasteiger partial charge in [0.25, 0.3) is 11.8 Å². The number of aryl methyl sites for hydroxylation is 1. The molecule has 0 bridgehead atoms. The SMILES string of the molecule is CCN(CC)c1cc2oc(-c3ccc(F)cc3)c(C(=O)NC)c2cc1-c1cccc(C(=O)NCCNS(=O)(=O)c2ccc(C)cc2)c1. The fourth-order valence-corrected chi connectivity index (χ4v) is 6.47. The Kier molecular flexibility index (Phi) is 10.1. The summed E-state index contributed by atoms with van der Waals surface area (Å²) < 4.78 is 47.7. The first kappa shape index (κ1) is 33.4. The van der Waals surface area contributed by atoms with Gasteiger partial charge in [0.1, 0.15) is 17.2 Å². The quantitative estimate of drug-likeness (QED) is 0.139. The molecule has 0 spiro atoms. The highest BCUT2D eigenvalue weighted by atomic mass is 32.2. The van der Waals surface area contributed by atoms with Crippen molar-refractivity contribution in [3.8, 4) is 22.5 Å². The highest BCUT2D eigenvalue weighted by Crippen LogP contribution is 2.41. The predicted molar refractivity (Wildman–Crippen MR) is 183 cm³/mol. The zero-order chi connectivity index (χ0) is 33.7. The second-order valence-electron chi connectivity index (χ2n) is 11.0. The number of halogens is 1. The van der Waals surface area contributed by atoms with Gasteiger partial charge in [-0.15, -0.1) is 0 Å². The molecule has 1 aromatic heterocycles. The Balaban J connectivity index is 1.46. The van der Waals surface area contributed by atoms with Crippen molar-refractivity contribution < 1.29 is 26.8 Å². The van der Waals surface area contributed by atoms with E-state index in [1.165, 1.54) is 31.3 Å². The van der Waals surface area contributed by atoms with Crippen molar-refractivity contribution in [1.82, 2.24) is 15.4 Å². The summed E-state index contributed by atoms with van der Waals surface area (Å²) in [6, 6.07) is 23.2. The molecule has 0 fully saturated rings. The lowest BCUT2D eigenvalue weighted by atomic mass is 9.96. The number of carbonyl (C=O) groups excluding carboxylic acids is 2. The van der Waals surface area contributed by atoms with Crippen LogP contribution in [0.1, 0.15) is 40.1 Å². The lowest BCUT2D eigenvalue weighted by molar-refractivity contribution is 0.0950. The molecule has 0 aliphatic carbocycles. The van der Waals surface area contributed by atoms with Crippen LogP contribution in [0.25, 0.3) is 33.4 Å². The third-order valence-electron chi connectivity index (χ3n) is 7.94. The summed E-state index contributed by atoms with van der Waals surface area (Å²) in [6.07, 6.45) is 0. The number of nitrogens with one attached hydrogen (secondary N) is 3. The number of furan rings is 1. The maximum absolute atomic E-state index is 13.7. The molecule has 11 heteroatoms. The fourth-order valence-electron chi connectivity index (χ4n) is 5.44. The molecule has 5 aromatic rings. The van der Waals surface area contributed by atoms with E-state index in [2.05, 4.69) is 20.3 Å². The van der Waals surface area contributed by atoms with E-state index in [0.717, 1.165) is 22.4 Å². The second kappa shape index (κ2) is 14.2. The van der Waals surface area contributed by atoms with E-state index in [4.69, 9.17) is 4.42 Å². The number of benzene rings is 4. The Morgan fingerprint density at radius 2 is 1.55 bits per heavy atom. The molecule has 0 aliphatic rings. The first-order chi connectivity index (χ1) is 22.6. The lowest BCUT2D eigenvalue weighted by Gasteiger charge is -2.24. The Morgan fingerprint density at radius 3 is 2.21 bits per heavy atom. The van der Waals surface area contributed by atoms with E-state index in [-0.39, 0.29) is 29.8 Å². The van der Waals surface area contributed by atoms with E-state index >= 15 is 0 Å². The highest BCUT2D eigenvalue weighted by molar-refractivity contribution is 7.89. The molecule has 0 atom stereocenters. The molecule has 0 aliphatic heterocycles. The fraction of sp³-hybridized carbons (Fsp3) is 0.222. The Morgan fingerprint density at radius 1 is 0.851 bits per heavy atom. The summed E-state index contributed by atoms with van der Waals surface area (Å²) in [5, 5.41) is 6.05. The van der Waals surface area contributed by atoms with Crippen molar-refractivity contribution in [1.29, 1.82) is 0 Å². The zero-order valence-electron chi connectivity index (χ0n) is 26.7. The third-order valence-corrected chi connectivity index (χ3v) is 9.42. The maximum Gasteiger partial charge on any atom is 0.255 e. The van der Waals surface area contributed by atoms with Gasteiger partial charge in [0.15, 0.2) is 0 Å². The van der Waals surface area contributed by atoms with E-state index in [1.807, 2.05) is 39.0 Å². The van der Waals surface area contributed by atoms with Gasteiger partial charge in [-0.3, -0.25) is 9.59 Å². The topological polar surface area (TPSA) is 121 Å². The lowest BCUT2D eigenvalue weighted by Crippen LogP contribution is -2.34. The van der Waals surface area contributed by atoms with Crippen molar-refractivity contribution in [2.24, 2.45) is 0 Å². The summed E-state index contributed by atoms with van der Waals surface area (Å²) >= 11 is 0. The number of fused-ring (bicyclic) bond motifs is 1. The van der Waals surface area contributed by atoms with Crippen LogP contribution in [0, 0.1) is 12.7 Å². The summed E-state index contributed by atoms with van der Waals surface area (Å²) in [6.45, 7) is 7.45. The molecule has 4 aromatic carbocycles. The number of hydrogen-bond donors (Lipinski definition) is 3. The van der Waals surface area contributed by atoms with Gasteiger partial charge in [0, 0.05) is 67.1 Å². The minimum absolute atomic E-state index is 0.0174. The molecule has 47 heavy (non-hydrogen) atoms. The molecule has 0 unspecified atom stereocenters. The molecule has 5 rings (SSSR count). The van der Waals surface area contributed by atoms with Crippen LogP contribution < -0.4 is 20.3 Å². The van der Waals surface area contributed by atoms with Gasteiger partial charge in [-0.1, -0.05) is 29.8 Å². The molecule has 9 nitrogen and oxygen atoms in total. The number of hydrogen-bond acceptors (Lipinski definition) is 6. The molecular formula is C36H37FN4O5S. The molecular weight excluding hydrogens is 619 g/mol. The Bertz CT molecular complexity index is 2020. The summed E-state index contributed by atoms with van der Waals surface area (Å²) in [7, 11) is -2.17. The molecule has 2 amide bonds. The second-order valence-corrected chi connectivity index (χ2v) is 12.7. The van der Waals surface area contributed by atoms with Crippen LogP contribution in [0.4, 0.5) is 10.1 Å². The van der Waals surface area contributed by atoms with E-state index in [1.54, 1.807) is 42.5 Å². The van der Waals surface area contributed by atoms with Crippen LogP contribution in [0.15, 0.2) is 94.2 Å². The monoisotopic (exact) mass is 656 g/mol. The minimum atomic E-state index is -3.71. The predicted octanol–water partition coefficient (Wildman–Crippen LogP) is 6.13. The van der Waals surface area contributed by atoms with Gasteiger partial charge >= 0.3 is 0 Å². The first-order valence-electron chi connectivity index (χ1n) is 15.3. The maximum atomic E-state index is 13.7. The summed E-state index contributed by atoms with van der Waals surface area (Å²) in [4.78, 5) is 28.7. The van der Waals surface area contributed by atoms with Crippen LogP contribution >= 0.6 is 0 Å². The standard InChI is InChI=1S/C36H37FN4O5S/c1-5-41(6-2)31-22-32-30(33(36(43)38-4)34(46-32)24-12-14-27(37)15-13-24)21-29(31)25-8-7-9-26(20-25)35(42)39-18-19-40-47(44,45)28-16-10-23(3)11-17-28/h7-17,20-22,40H,5-6,18-19H2,1-4H3,(H,38,43)(H,39,42). The Labute approximate surface area is 273 Å². The van der Waals surface area contributed by atoms with Crippen LogP contribution in [0.3, 0.4) is 0 Å². The smallest absolute Gasteiger partial charge is 0.255 e. The normalized spacial score (nSPS) is 11.4. The van der Waals surface area contributed by atoms with Gasteiger partial charge in [-0.05, 0) is 80.9 Å². The van der Waals surface area contributed by atoms with Crippen LogP contribution in [-0.2, 0) is 10.0 Å². The minimum Gasteiger partial charge on any atom is -0.455 e. The van der Waals surface area contributed by atoms with E-state index in [9.17, 15) is 22.4 Å². The van der Waals surface area contributed by atoms with Gasteiger partial charge in [0.2, 0.25) is 10.0 Å². The molecule has 1 heterocycles. The molecule has 3 N–H and O–H groups in total. The van der Waals surface area contributed by atoms with Gasteiger partial charge in [0.05, 0.1) is 10.5 Å². The summed E-state index contributed by atoms with van der Waals surface area (Å²) in [5.41, 5.74) is 5.11. The zero-order valence-corrected chi connectivity index (χ0v) is 27.5. The third kappa shape index (κ3) is 7.21. The van der Waals surface area contributed by atoms with Gasteiger partial charge in [-0.2, -0.15) is 0 Å². The number of amides is 2. The van der Waals surface area contributed by atoms with Gasteiger partial charge in [-0.25, -0.2) is 17.5 Å². The van der Waals surface area contributed by atoms with Crippen molar-refractivity contribution >= 4 is 38.5 Å². The van der Waals surface area contributed by atoms with Crippen molar-refractivity contribution in [3.63, 3.8) is 0 Å². The average molecular weight is 657 g/mol. The van der Waals surface area contributed by atoms with E-state index < -0.39 is 15.8 Å². The molecule has 0 saturated carbocycles.